The van der Waals surface area contributed by atoms with Crippen molar-refractivity contribution in [1.82, 2.24) is 25.1 Å². The Bertz CT molecular complexity index is 1520. The van der Waals surface area contributed by atoms with Crippen LogP contribution < -0.4 is 10.2 Å². The number of anilines is 2. The molecule has 0 bridgehead atoms. The van der Waals surface area contributed by atoms with Gasteiger partial charge in [-0.15, -0.1) is 0 Å². The summed E-state index contributed by atoms with van der Waals surface area (Å²) in [6.45, 7) is 3.79. The lowest BCUT2D eigenvalue weighted by Gasteiger charge is -2.39. The van der Waals surface area contributed by atoms with Crippen LogP contribution >= 0.6 is 0 Å². The van der Waals surface area contributed by atoms with E-state index < -0.39 is 0 Å². The Morgan fingerprint density at radius 1 is 1.02 bits per heavy atom. The minimum Gasteiger partial charge on any atom is -0.469 e. The quantitative estimate of drug-likeness (QED) is 0.240. The first-order valence-corrected chi connectivity index (χ1v) is 15.3. The van der Waals surface area contributed by atoms with E-state index in [1.807, 2.05) is 36.8 Å². The number of aryl methyl sites for hydroxylation is 1. The van der Waals surface area contributed by atoms with Crippen molar-refractivity contribution in [2.24, 2.45) is 11.8 Å². The Morgan fingerprint density at radius 2 is 1.86 bits per heavy atom. The maximum atomic E-state index is 11.8. The number of ether oxygens (including phenoxy) is 1. The molecule has 224 valence electrons. The van der Waals surface area contributed by atoms with Gasteiger partial charge in [0.25, 0.3) is 0 Å². The van der Waals surface area contributed by atoms with Crippen LogP contribution in [-0.2, 0) is 16.0 Å². The summed E-state index contributed by atoms with van der Waals surface area (Å²) in [4.78, 5) is 32.1. The molecule has 10 nitrogen and oxygen atoms in total. The van der Waals surface area contributed by atoms with Gasteiger partial charge < -0.3 is 19.5 Å². The number of hydrogen-bond acceptors (Lipinski definition) is 10. The van der Waals surface area contributed by atoms with Gasteiger partial charge in [0.05, 0.1) is 31.6 Å². The van der Waals surface area contributed by atoms with Crippen LogP contribution in [0.3, 0.4) is 0 Å². The number of pyridine rings is 1. The van der Waals surface area contributed by atoms with Gasteiger partial charge in [-0.25, -0.2) is 15.0 Å². The molecule has 2 fully saturated rings. The zero-order valence-electron chi connectivity index (χ0n) is 24.9. The van der Waals surface area contributed by atoms with Crippen molar-refractivity contribution in [1.29, 1.82) is 0 Å². The van der Waals surface area contributed by atoms with Gasteiger partial charge in [-0.05, 0) is 72.8 Å². The lowest BCUT2D eigenvalue weighted by molar-refractivity contribution is -0.139. The number of benzene rings is 1. The molecule has 10 heteroatoms. The van der Waals surface area contributed by atoms with Crippen molar-refractivity contribution in [2.75, 3.05) is 30.4 Å². The lowest BCUT2D eigenvalue weighted by Crippen LogP contribution is -2.39. The molecular formula is C33H39N7O3. The predicted octanol–water partition coefficient (Wildman–Crippen LogP) is 5.89. The van der Waals surface area contributed by atoms with E-state index in [4.69, 9.17) is 9.26 Å². The van der Waals surface area contributed by atoms with Gasteiger partial charge in [-0.2, -0.15) is 4.98 Å². The van der Waals surface area contributed by atoms with E-state index in [2.05, 4.69) is 53.5 Å². The molecule has 2 aliphatic rings. The minimum absolute atomic E-state index is 0.236. The van der Waals surface area contributed by atoms with E-state index in [1.54, 1.807) is 6.92 Å². The molecule has 4 heterocycles. The maximum Gasteiger partial charge on any atom is 0.309 e. The summed E-state index contributed by atoms with van der Waals surface area (Å²) >= 11 is 0. The van der Waals surface area contributed by atoms with Crippen LogP contribution in [0.4, 0.5) is 11.5 Å². The van der Waals surface area contributed by atoms with E-state index in [1.165, 1.54) is 45.6 Å². The number of methoxy groups -OCH3 is 1. The zero-order chi connectivity index (χ0) is 29.6. The number of nitrogens with one attached hydrogen (secondary N) is 1. The molecule has 4 aromatic rings. The molecule has 1 aromatic carbocycles. The molecule has 3 aromatic heterocycles. The van der Waals surface area contributed by atoms with Crippen LogP contribution in [0.5, 0.6) is 0 Å². The van der Waals surface area contributed by atoms with Crippen LogP contribution in [0, 0.1) is 18.8 Å². The highest BCUT2D eigenvalue weighted by Gasteiger charge is 2.30. The average Bonchev–Trinajstić information content (AvgIpc) is 3.48. The summed E-state index contributed by atoms with van der Waals surface area (Å²) in [5.74, 6) is 3.31. The van der Waals surface area contributed by atoms with Crippen LogP contribution in [0.15, 0.2) is 59.5 Å². The fourth-order valence-electron chi connectivity index (χ4n) is 6.57. The van der Waals surface area contributed by atoms with E-state index in [-0.39, 0.29) is 12.4 Å². The van der Waals surface area contributed by atoms with Crippen LogP contribution in [0.1, 0.15) is 56.4 Å². The summed E-state index contributed by atoms with van der Waals surface area (Å²) in [6, 6.07) is 12.6. The topological polar surface area (TPSA) is 119 Å². The third-order valence-corrected chi connectivity index (χ3v) is 8.72. The monoisotopic (exact) mass is 581 g/mol. The molecule has 1 aliphatic heterocycles. The maximum absolute atomic E-state index is 11.8. The first-order chi connectivity index (χ1) is 21.0. The molecule has 1 saturated carbocycles. The Morgan fingerprint density at radius 3 is 2.67 bits per heavy atom. The highest BCUT2D eigenvalue weighted by atomic mass is 16.5. The number of carbonyl (C=O) groups is 1. The van der Waals surface area contributed by atoms with E-state index in [0.29, 0.717) is 35.4 Å². The van der Waals surface area contributed by atoms with E-state index in [0.717, 1.165) is 47.7 Å². The number of esters is 1. The molecule has 0 amide bonds. The second-order valence-corrected chi connectivity index (χ2v) is 11.8. The Kier molecular flexibility index (Phi) is 8.91. The summed E-state index contributed by atoms with van der Waals surface area (Å²) in [7, 11) is 1.42. The largest absolute Gasteiger partial charge is 0.469 e. The number of rotatable bonds is 9. The Balaban J connectivity index is 1.09. The van der Waals surface area contributed by atoms with Crippen molar-refractivity contribution in [3.8, 4) is 22.8 Å². The standard InChI is InChI=1S/C33H39N7O3/c1-22-37-33(39-43-22)32-35-19-28(20-36-32)40-14-6-8-24(21-40)16-27-9-3-4-11-29(27)38-30-18-26(12-13-34-30)25-10-5-7-23(15-25)17-31(41)42-2/h5,7,10,12-13,15,18-20,24,27,29H,3-4,6,8-9,11,14,16-17,21H2,1-2H3,(H,34,38)/t24-,27+,29-/m1/s1. The molecule has 3 atom stereocenters. The Labute approximate surface area is 252 Å². The molecule has 6 rings (SSSR count). The van der Waals surface area contributed by atoms with Gasteiger partial charge in [0.1, 0.15) is 5.82 Å². The van der Waals surface area contributed by atoms with Crippen molar-refractivity contribution in [3.05, 3.63) is 66.4 Å². The average molecular weight is 582 g/mol. The van der Waals surface area contributed by atoms with Gasteiger partial charge in [0.2, 0.25) is 17.5 Å². The predicted molar refractivity (Wildman–Crippen MR) is 164 cm³/mol. The number of carbonyl (C=O) groups excluding carboxylic acids is 1. The first kappa shape index (κ1) is 28.8. The van der Waals surface area contributed by atoms with Crippen LogP contribution in [-0.4, -0.2) is 57.3 Å². The smallest absolute Gasteiger partial charge is 0.309 e. The van der Waals surface area contributed by atoms with Gasteiger partial charge >= 0.3 is 5.97 Å². The summed E-state index contributed by atoms with van der Waals surface area (Å²) in [5, 5.41) is 7.74. The molecular weight excluding hydrogens is 542 g/mol. The number of hydrogen-bond donors (Lipinski definition) is 1. The second-order valence-electron chi connectivity index (χ2n) is 11.8. The molecule has 1 saturated heterocycles. The molecule has 0 radical (unpaired) electrons. The summed E-state index contributed by atoms with van der Waals surface area (Å²) in [6.07, 6.45) is 14.4. The molecule has 0 unspecified atom stereocenters. The minimum atomic E-state index is -0.236. The van der Waals surface area contributed by atoms with Gasteiger partial charge in [-0.1, -0.05) is 42.3 Å². The van der Waals surface area contributed by atoms with Gasteiger partial charge in [-0.3, -0.25) is 4.79 Å². The summed E-state index contributed by atoms with van der Waals surface area (Å²) in [5.41, 5.74) is 4.14. The highest BCUT2D eigenvalue weighted by Crippen LogP contribution is 2.35. The van der Waals surface area contributed by atoms with Crippen molar-refractivity contribution >= 4 is 17.5 Å². The fraction of sp³-hybridized carbons (Fsp3) is 0.455. The van der Waals surface area contributed by atoms with Crippen molar-refractivity contribution < 1.29 is 14.1 Å². The SMILES string of the molecule is COC(=O)Cc1cccc(-c2ccnc(N[C@@H]3CCCC[C@H]3C[C@H]3CCCN(c4cnc(-c5noc(C)n5)nc4)C3)c2)c1. The third-order valence-electron chi connectivity index (χ3n) is 8.72. The van der Waals surface area contributed by atoms with Gasteiger partial charge in [0, 0.05) is 32.3 Å². The number of nitrogens with zero attached hydrogens (tertiary/aromatic N) is 6. The first-order valence-electron chi connectivity index (χ1n) is 15.3. The third kappa shape index (κ3) is 7.18. The van der Waals surface area contributed by atoms with Crippen molar-refractivity contribution in [3.63, 3.8) is 0 Å². The normalized spacial score (nSPS) is 20.5. The molecule has 0 spiro atoms. The zero-order valence-corrected chi connectivity index (χ0v) is 24.9. The fourth-order valence-corrected chi connectivity index (χ4v) is 6.57. The Hall–Kier alpha value is -4.34. The highest BCUT2D eigenvalue weighted by molar-refractivity contribution is 5.74. The molecule has 43 heavy (non-hydrogen) atoms. The van der Waals surface area contributed by atoms with E-state index >= 15 is 0 Å². The van der Waals surface area contributed by atoms with Crippen LogP contribution in [0.25, 0.3) is 22.8 Å². The van der Waals surface area contributed by atoms with Crippen molar-refractivity contribution in [2.45, 2.75) is 64.3 Å². The summed E-state index contributed by atoms with van der Waals surface area (Å²) < 4.78 is 9.91. The molecule has 1 N–H and O–H groups in total. The lowest BCUT2D eigenvalue weighted by atomic mass is 9.77. The second kappa shape index (κ2) is 13.3. The number of piperidine rings is 1. The van der Waals surface area contributed by atoms with Gasteiger partial charge in [0.15, 0.2) is 0 Å². The number of aromatic nitrogens is 5. The van der Waals surface area contributed by atoms with Crippen LogP contribution in [0.2, 0.25) is 0 Å². The van der Waals surface area contributed by atoms with E-state index in [9.17, 15) is 4.79 Å². The molecule has 1 aliphatic carbocycles.